The predicted octanol–water partition coefficient (Wildman–Crippen LogP) is 1.80. The van der Waals surface area contributed by atoms with Crippen molar-refractivity contribution in [2.45, 2.75) is 27.2 Å². The average molecular weight is 143 g/mol. The number of hydrogen-bond donors (Lipinski definition) is 0. The Morgan fingerprint density at radius 2 is 2.10 bits per heavy atom. The van der Waals surface area contributed by atoms with Crippen molar-refractivity contribution < 1.29 is 9.53 Å². The van der Waals surface area contributed by atoms with Gasteiger partial charge < -0.3 is 4.74 Å². The van der Waals surface area contributed by atoms with Gasteiger partial charge >= 0.3 is 5.97 Å². The highest BCUT2D eigenvalue weighted by molar-refractivity contribution is 5.68. The van der Waals surface area contributed by atoms with E-state index in [1.54, 1.807) is 6.92 Å². The van der Waals surface area contributed by atoms with Gasteiger partial charge in [0, 0.05) is 6.42 Å². The fourth-order valence-corrected chi connectivity index (χ4v) is 0.378. The molecule has 0 saturated heterocycles. The van der Waals surface area contributed by atoms with Gasteiger partial charge in [0.1, 0.15) is 0 Å². The number of carbonyl (C=O) groups excluding carboxylic acids is 1. The monoisotopic (exact) mass is 143 g/mol. The van der Waals surface area contributed by atoms with E-state index in [1.807, 2.05) is 13.8 Å². The molecule has 2 heteroatoms. The van der Waals surface area contributed by atoms with Crippen LogP contribution in [0.1, 0.15) is 27.2 Å². The van der Waals surface area contributed by atoms with Crippen LogP contribution in [0.2, 0.25) is 0 Å². The molecule has 0 spiro atoms. The van der Waals surface area contributed by atoms with Crippen LogP contribution < -0.4 is 0 Å². The largest absolute Gasteiger partial charge is 0.465 e. The maximum absolute atomic E-state index is 10.6. The SMILES string of the molecule is [CH2]C(C)(C)COC(=O)CC. The second-order valence-electron chi connectivity index (χ2n) is 3.18. The van der Waals surface area contributed by atoms with Crippen LogP contribution >= 0.6 is 0 Å². The number of ether oxygens (including phenoxy) is 1. The smallest absolute Gasteiger partial charge is 0.305 e. The van der Waals surface area contributed by atoms with Crippen LogP contribution in [0.3, 0.4) is 0 Å². The van der Waals surface area contributed by atoms with Crippen molar-refractivity contribution >= 4 is 5.97 Å². The minimum absolute atomic E-state index is 0.156. The molecule has 1 radical (unpaired) electrons. The molecule has 0 atom stereocenters. The molecule has 0 fully saturated rings. The molecule has 0 saturated carbocycles. The predicted molar refractivity (Wildman–Crippen MR) is 40.4 cm³/mol. The molecule has 59 valence electrons. The highest BCUT2D eigenvalue weighted by Crippen LogP contribution is 2.12. The number of rotatable bonds is 3. The van der Waals surface area contributed by atoms with Crippen LogP contribution in [-0.4, -0.2) is 12.6 Å². The lowest BCUT2D eigenvalue weighted by Gasteiger charge is -2.16. The molecule has 2 nitrogen and oxygen atoms in total. The van der Waals surface area contributed by atoms with Gasteiger partial charge in [0.2, 0.25) is 0 Å². The van der Waals surface area contributed by atoms with Crippen molar-refractivity contribution in [2.24, 2.45) is 5.41 Å². The van der Waals surface area contributed by atoms with Crippen LogP contribution in [0.5, 0.6) is 0 Å². The van der Waals surface area contributed by atoms with Gasteiger partial charge in [0.15, 0.2) is 0 Å². The highest BCUT2D eigenvalue weighted by Gasteiger charge is 2.12. The molecule has 10 heavy (non-hydrogen) atoms. The van der Waals surface area contributed by atoms with E-state index in [9.17, 15) is 4.79 Å². The molecule has 0 aromatic rings. The highest BCUT2D eigenvalue weighted by atomic mass is 16.5. The van der Waals surface area contributed by atoms with Crippen molar-refractivity contribution in [1.29, 1.82) is 0 Å². The fourth-order valence-electron chi connectivity index (χ4n) is 0.378. The minimum atomic E-state index is -0.162. The van der Waals surface area contributed by atoms with Crippen LogP contribution in [0.25, 0.3) is 0 Å². The summed E-state index contributed by atoms with van der Waals surface area (Å²) in [5.74, 6) is -0.156. The van der Waals surface area contributed by atoms with Crippen molar-refractivity contribution in [3.63, 3.8) is 0 Å². The van der Waals surface area contributed by atoms with Crippen molar-refractivity contribution in [3.8, 4) is 0 Å². The first kappa shape index (κ1) is 9.47. The molecule has 0 heterocycles. The Balaban J connectivity index is 3.46. The van der Waals surface area contributed by atoms with E-state index in [-0.39, 0.29) is 11.4 Å². The molecule has 0 N–H and O–H groups in total. The first-order chi connectivity index (χ1) is 4.45. The Morgan fingerprint density at radius 1 is 1.60 bits per heavy atom. The number of hydrogen-bond acceptors (Lipinski definition) is 2. The lowest BCUT2D eigenvalue weighted by Crippen LogP contribution is -2.17. The Hall–Kier alpha value is -0.530. The summed E-state index contributed by atoms with van der Waals surface area (Å²) in [7, 11) is 0. The second kappa shape index (κ2) is 3.59. The second-order valence-corrected chi connectivity index (χ2v) is 3.18. The third-order valence-corrected chi connectivity index (χ3v) is 0.913. The van der Waals surface area contributed by atoms with Crippen molar-refractivity contribution in [2.75, 3.05) is 6.61 Å². The van der Waals surface area contributed by atoms with Gasteiger partial charge in [-0.1, -0.05) is 20.8 Å². The van der Waals surface area contributed by atoms with E-state index in [4.69, 9.17) is 4.74 Å². The van der Waals surface area contributed by atoms with E-state index in [0.29, 0.717) is 13.0 Å². The average Bonchev–Trinajstić information content (AvgIpc) is 1.81. The molecule has 0 bridgehead atoms. The number of esters is 1. The first-order valence-corrected chi connectivity index (χ1v) is 3.46. The van der Waals surface area contributed by atoms with E-state index in [1.165, 1.54) is 0 Å². The molecule has 0 aliphatic rings. The summed E-state index contributed by atoms with van der Waals surface area (Å²) in [5.41, 5.74) is -0.162. The summed E-state index contributed by atoms with van der Waals surface area (Å²) in [6.45, 7) is 9.83. The fraction of sp³-hybridized carbons (Fsp3) is 0.750. The molecule has 0 unspecified atom stereocenters. The van der Waals surface area contributed by atoms with Gasteiger partial charge in [-0.3, -0.25) is 4.79 Å². The third kappa shape index (κ3) is 5.60. The normalized spacial score (nSPS) is 11.2. The third-order valence-electron chi connectivity index (χ3n) is 0.913. The van der Waals surface area contributed by atoms with Crippen LogP contribution in [0.4, 0.5) is 0 Å². The van der Waals surface area contributed by atoms with Gasteiger partial charge in [-0.2, -0.15) is 0 Å². The maximum Gasteiger partial charge on any atom is 0.305 e. The molecule has 0 aromatic heterocycles. The van der Waals surface area contributed by atoms with Gasteiger partial charge in [-0.15, -0.1) is 0 Å². The number of carbonyl (C=O) groups is 1. The zero-order valence-electron chi connectivity index (χ0n) is 6.94. The molecule has 0 rings (SSSR count). The van der Waals surface area contributed by atoms with E-state index in [2.05, 4.69) is 6.92 Å². The van der Waals surface area contributed by atoms with Crippen molar-refractivity contribution in [1.82, 2.24) is 0 Å². The summed E-state index contributed by atoms with van der Waals surface area (Å²) in [6, 6.07) is 0. The molecule has 0 amide bonds. The topological polar surface area (TPSA) is 26.3 Å². The van der Waals surface area contributed by atoms with Crippen LogP contribution in [-0.2, 0) is 9.53 Å². The Kier molecular flexibility index (Phi) is 3.40. The van der Waals surface area contributed by atoms with Gasteiger partial charge in [-0.05, 0) is 12.3 Å². The van der Waals surface area contributed by atoms with Gasteiger partial charge in [0.25, 0.3) is 0 Å². The molecule has 0 aliphatic carbocycles. The quantitative estimate of drug-likeness (QED) is 0.563. The lowest BCUT2D eigenvalue weighted by atomic mass is 9.99. The maximum atomic E-state index is 10.6. The summed E-state index contributed by atoms with van der Waals surface area (Å²) < 4.78 is 4.85. The van der Waals surface area contributed by atoms with Crippen molar-refractivity contribution in [3.05, 3.63) is 6.92 Å². The first-order valence-electron chi connectivity index (χ1n) is 3.46. The molecule has 0 aliphatic heterocycles. The van der Waals surface area contributed by atoms with Gasteiger partial charge in [0.05, 0.1) is 6.61 Å². The van der Waals surface area contributed by atoms with E-state index < -0.39 is 0 Å². The Labute approximate surface area is 62.6 Å². The Morgan fingerprint density at radius 3 is 2.40 bits per heavy atom. The van der Waals surface area contributed by atoms with E-state index >= 15 is 0 Å². The molecular formula is C8H15O2. The summed E-state index contributed by atoms with van der Waals surface area (Å²) in [6.07, 6.45) is 0.441. The molecular weight excluding hydrogens is 128 g/mol. The Bertz CT molecular complexity index is 111. The zero-order chi connectivity index (χ0) is 8.20. The van der Waals surface area contributed by atoms with Crippen LogP contribution in [0, 0.1) is 12.3 Å². The van der Waals surface area contributed by atoms with Gasteiger partial charge in [-0.25, -0.2) is 0 Å². The minimum Gasteiger partial charge on any atom is -0.465 e. The standard InChI is InChI=1S/C8H15O2/c1-5-7(9)10-6-8(2,3)4/h2,5-6H2,1,3-4H3. The molecule has 0 aromatic carbocycles. The lowest BCUT2D eigenvalue weighted by molar-refractivity contribution is -0.145. The summed E-state index contributed by atoms with van der Waals surface area (Å²) in [5, 5.41) is 0. The summed E-state index contributed by atoms with van der Waals surface area (Å²) in [4.78, 5) is 10.6. The zero-order valence-corrected chi connectivity index (χ0v) is 6.94. The van der Waals surface area contributed by atoms with Crippen LogP contribution in [0.15, 0.2) is 0 Å². The van der Waals surface area contributed by atoms with E-state index in [0.717, 1.165) is 0 Å². The summed E-state index contributed by atoms with van der Waals surface area (Å²) >= 11 is 0.